The van der Waals surface area contributed by atoms with Gasteiger partial charge in [0, 0.05) is 44.7 Å². The minimum absolute atomic E-state index is 0.0618. The molecule has 0 aliphatic heterocycles. The Kier molecular flexibility index (Phi) is 10.1. The van der Waals surface area contributed by atoms with Crippen LogP contribution in [0.25, 0.3) is 0 Å². The number of sulfone groups is 1. The van der Waals surface area contributed by atoms with Gasteiger partial charge in [0.25, 0.3) is 0 Å². The monoisotopic (exact) mass is 382 g/mol. The van der Waals surface area contributed by atoms with Crippen LogP contribution in [0.3, 0.4) is 0 Å². The molecule has 0 heterocycles. The van der Waals surface area contributed by atoms with E-state index < -0.39 is 9.84 Å². The quantitative estimate of drug-likeness (QED) is 0.349. The molecule has 6 nitrogen and oxygen atoms in total. The molecule has 0 radical (unpaired) electrons. The molecule has 1 aromatic rings. The van der Waals surface area contributed by atoms with Gasteiger partial charge >= 0.3 is 0 Å². The molecule has 0 aromatic heterocycles. The number of nitrogens with one attached hydrogen (secondary N) is 2. The van der Waals surface area contributed by atoms with Crippen LogP contribution in [0.1, 0.15) is 33.1 Å². The van der Waals surface area contributed by atoms with Crippen molar-refractivity contribution in [3.05, 3.63) is 30.3 Å². The van der Waals surface area contributed by atoms with E-state index in [1.807, 2.05) is 19.9 Å². The fourth-order valence-corrected chi connectivity index (χ4v) is 3.26. The molecule has 0 saturated carbocycles. The Labute approximate surface area is 159 Å². The predicted molar refractivity (Wildman–Crippen MR) is 112 cm³/mol. The molecule has 1 aromatic carbocycles. The molecule has 1 atom stereocenters. The fraction of sp³-hybridized carbons (Fsp3) is 0.632. The number of anilines is 1. The molecule has 0 spiro atoms. The van der Waals surface area contributed by atoms with E-state index in [0.717, 1.165) is 38.4 Å². The van der Waals surface area contributed by atoms with Gasteiger partial charge in [0.15, 0.2) is 5.96 Å². The van der Waals surface area contributed by atoms with Crippen LogP contribution in [0.4, 0.5) is 5.69 Å². The molecule has 1 rings (SSSR count). The van der Waals surface area contributed by atoms with Gasteiger partial charge in [0.2, 0.25) is 0 Å². The van der Waals surface area contributed by atoms with Crippen molar-refractivity contribution in [1.29, 1.82) is 0 Å². The van der Waals surface area contributed by atoms with Crippen LogP contribution in [-0.2, 0) is 9.84 Å². The van der Waals surface area contributed by atoms with Gasteiger partial charge in [-0.25, -0.2) is 8.42 Å². The van der Waals surface area contributed by atoms with Gasteiger partial charge in [-0.05, 0) is 45.2 Å². The number of para-hydroxylation sites is 1. The first-order chi connectivity index (χ1) is 12.3. The summed E-state index contributed by atoms with van der Waals surface area (Å²) in [6.07, 6.45) is 3.92. The molecule has 0 aliphatic carbocycles. The zero-order valence-electron chi connectivity index (χ0n) is 16.5. The second-order valence-corrected chi connectivity index (χ2v) is 8.95. The summed E-state index contributed by atoms with van der Waals surface area (Å²) >= 11 is 0. The zero-order chi connectivity index (χ0) is 19.4. The van der Waals surface area contributed by atoms with E-state index in [9.17, 15) is 8.42 Å². The van der Waals surface area contributed by atoms with E-state index >= 15 is 0 Å². The Bertz CT molecular complexity index is 632. The topological polar surface area (TPSA) is 73.8 Å². The Morgan fingerprint density at radius 1 is 1.23 bits per heavy atom. The van der Waals surface area contributed by atoms with Crippen LogP contribution in [0.5, 0.6) is 0 Å². The Balaban J connectivity index is 2.34. The largest absolute Gasteiger partial charge is 0.375 e. The standard InChI is InChI=1S/C19H34N4O2S/c1-5-20-19(22-17(2)13-16-26(4,24)25)21-14-9-10-15-23(3)18-11-7-6-8-12-18/h6-8,11-12,17H,5,9-10,13-16H2,1-4H3,(H2,20,21,22). The first kappa shape index (κ1) is 22.3. The molecule has 1 unspecified atom stereocenters. The van der Waals surface area contributed by atoms with Gasteiger partial charge in [-0.15, -0.1) is 0 Å². The van der Waals surface area contributed by atoms with Crippen LogP contribution in [0.2, 0.25) is 0 Å². The van der Waals surface area contributed by atoms with Crippen LogP contribution in [-0.4, -0.2) is 59.1 Å². The highest BCUT2D eigenvalue weighted by Gasteiger charge is 2.09. The fourth-order valence-electron chi connectivity index (χ4n) is 2.48. The third-order valence-electron chi connectivity index (χ3n) is 4.02. The predicted octanol–water partition coefficient (Wildman–Crippen LogP) is 2.28. The first-order valence-corrected chi connectivity index (χ1v) is 11.4. The summed E-state index contributed by atoms with van der Waals surface area (Å²) in [5.41, 5.74) is 1.23. The van der Waals surface area contributed by atoms with Crippen molar-refractivity contribution in [2.24, 2.45) is 4.99 Å². The summed E-state index contributed by atoms with van der Waals surface area (Å²) in [6.45, 7) is 6.52. The average Bonchev–Trinajstić information content (AvgIpc) is 2.60. The zero-order valence-corrected chi connectivity index (χ0v) is 17.3. The minimum Gasteiger partial charge on any atom is -0.375 e. The third kappa shape index (κ3) is 10.3. The smallest absolute Gasteiger partial charge is 0.191 e. The van der Waals surface area contributed by atoms with Crippen molar-refractivity contribution in [2.45, 2.75) is 39.2 Å². The maximum atomic E-state index is 11.3. The highest BCUT2D eigenvalue weighted by molar-refractivity contribution is 7.90. The maximum Gasteiger partial charge on any atom is 0.191 e. The number of benzene rings is 1. The summed E-state index contributed by atoms with van der Waals surface area (Å²) < 4.78 is 22.5. The maximum absolute atomic E-state index is 11.3. The van der Waals surface area contributed by atoms with Gasteiger partial charge < -0.3 is 15.5 Å². The average molecular weight is 383 g/mol. The Hall–Kier alpha value is -1.76. The number of hydrogen-bond donors (Lipinski definition) is 2. The third-order valence-corrected chi connectivity index (χ3v) is 4.99. The second kappa shape index (κ2) is 11.8. The summed E-state index contributed by atoms with van der Waals surface area (Å²) in [5.74, 6) is 0.941. The van der Waals surface area contributed by atoms with Gasteiger partial charge in [-0.1, -0.05) is 18.2 Å². The van der Waals surface area contributed by atoms with Crippen molar-refractivity contribution < 1.29 is 8.42 Å². The van der Waals surface area contributed by atoms with E-state index in [2.05, 4.69) is 51.8 Å². The highest BCUT2D eigenvalue weighted by Crippen LogP contribution is 2.11. The summed E-state index contributed by atoms with van der Waals surface area (Å²) in [6, 6.07) is 10.4. The van der Waals surface area contributed by atoms with E-state index in [4.69, 9.17) is 0 Å². The van der Waals surface area contributed by atoms with Gasteiger partial charge in [0.05, 0.1) is 5.75 Å². The number of aliphatic imine (C=N–C) groups is 1. The SMILES string of the molecule is CCNC(=NCCCCN(C)c1ccccc1)NC(C)CCS(C)(=O)=O. The lowest BCUT2D eigenvalue weighted by Crippen LogP contribution is -2.42. The lowest BCUT2D eigenvalue weighted by molar-refractivity contribution is 0.581. The molecule has 0 amide bonds. The van der Waals surface area contributed by atoms with E-state index in [0.29, 0.717) is 6.42 Å². The van der Waals surface area contributed by atoms with Gasteiger partial charge in [-0.2, -0.15) is 0 Å². The molecule has 0 fully saturated rings. The van der Waals surface area contributed by atoms with E-state index in [1.165, 1.54) is 11.9 Å². The normalized spacial score (nSPS) is 13.3. The lowest BCUT2D eigenvalue weighted by Gasteiger charge is -2.19. The van der Waals surface area contributed by atoms with Crippen molar-refractivity contribution in [3.8, 4) is 0 Å². The molecule has 0 aliphatic rings. The molecular formula is C19H34N4O2S. The summed E-state index contributed by atoms with van der Waals surface area (Å²) in [7, 11) is -0.823. The van der Waals surface area contributed by atoms with Crippen LogP contribution in [0.15, 0.2) is 35.3 Å². The van der Waals surface area contributed by atoms with Crippen molar-refractivity contribution in [2.75, 3.05) is 43.6 Å². The van der Waals surface area contributed by atoms with Crippen LogP contribution < -0.4 is 15.5 Å². The Morgan fingerprint density at radius 2 is 1.92 bits per heavy atom. The van der Waals surface area contributed by atoms with Crippen molar-refractivity contribution in [3.63, 3.8) is 0 Å². The number of nitrogens with zero attached hydrogens (tertiary/aromatic N) is 2. The van der Waals surface area contributed by atoms with E-state index in [1.54, 1.807) is 0 Å². The minimum atomic E-state index is -2.93. The summed E-state index contributed by atoms with van der Waals surface area (Å²) in [5, 5.41) is 6.50. The summed E-state index contributed by atoms with van der Waals surface area (Å²) in [4.78, 5) is 6.84. The molecule has 26 heavy (non-hydrogen) atoms. The van der Waals surface area contributed by atoms with Crippen LogP contribution >= 0.6 is 0 Å². The molecule has 7 heteroatoms. The molecule has 0 saturated heterocycles. The number of guanidine groups is 1. The number of unbranched alkanes of at least 4 members (excludes halogenated alkanes) is 1. The van der Waals surface area contributed by atoms with Crippen molar-refractivity contribution in [1.82, 2.24) is 10.6 Å². The molecular weight excluding hydrogens is 348 g/mol. The van der Waals surface area contributed by atoms with Crippen molar-refractivity contribution >= 4 is 21.5 Å². The lowest BCUT2D eigenvalue weighted by atomic mass is 10.2. The highest BCUT2D eigenvalue weighted by atomic mass is 32.2. The first-order valence-electron chi connectivity index (χ1n) is 9.30. The number of rotatable bonds is 11. The molecule has 148 valence electrons. The number of hydrogen-bond acceptors (Lipinski definition) is 4. The second-order valence-electron chi connectivity index (χ2n) is 6.69. The Morgan fingerprint density at radius 3 is 2.54 bits per heavy atom. The molecule has 2 N–H and O–H groups in total. The van der Waals surface area contributed by atoms with Crippen LogP contribution in [0, 0.1) is 0 Å². The van der Waals surface area contributed by atoms with E-state index in [-0.39, 0.29) is 11.8 Å². The van der Waals surface area contributed by atoms with Gasteiger partial charge in [0.1, 0.15) is 9.84 Å². The van der Waals surface area contributed by atoms with Gasteiger partial charge in [-0.3, -0.25) is 4.99 Å². The molecule has 0 bridgehead atoms.